The third-order valence-electron chi connectivity index (χ3n) is 8.89. The second-order valence-corrected chi connectivity index (χ2v) is 10.9. The lowest BCUT2D eigenvalue weighted by molar-refractivity contribution is -0.177. The summed E-state index contributed by atoms with van der Waals surface area (Å²) in [7, 11) is 0. The van der Waals surface area contributed by atoms with Crippen molar-refractivity contribution in [2.75, 3.05) is 13.1 Å². The van der Waals surface area contributed by atoms with E-state index in [0.29, 0.717) is 11.5 Å². The van der Waals surface area contributed by atoms with Gasteiger partial charge in [0.1, 0.15) is 17.2 Å². The number of aromatic nitrogens is 1. The molecule has 2 unspecified atom stereocenters. The summed E-state index contributed by atoms with van der Waals surface area (Å²) in [5, 5.41) is 0.947. The lowest BCUT2D eigenvalue weighted by atomic mass is 9.74. The summed E-state index contributed by atoms with van der Waals surface area (Å²) in [6.07, 6.45) is 8.32. The molecule has 3 fully saturated rings. The van der Waals surface area contributed by atoms with E-state index in [2.05, 4.69) is 16.0 Å². The van der Waals surface area contributed by atoms with Crippen LogP contribution >= 0.6 is 0 Å². The third kappa shape index (κ3) is 3.18. The number of esters is 1. The largest absolute Gasteiger partial charge is 0.472 e. The van der Waals surface area contributed by atoms with Gasteiger partial charge >= 0.3 is 5.97 Å². The second-order valence-electron chi connectivity index (χ2n) is 10.9. The first-order valence-corrected chi connectivity index (χ1v) is 13.1. The van der Waals surface area contributed by atoms with Crippen molar-refractivity contribution in [3.8, 4) is 5.75 Å². The van der Waals surface area contributed by atoms with Gasteiger partial charge in [-0.05, 0) is 81.7 Å². The zero-order valence-corrected chi connectivity index (χ0v) is 20.2. The van der Waals surface area contributed by atoms with E-state index in [-0.39, 0.29) is 17.5 Å². The van der Waals surface area contributed by atoms with E-state index in [9.17, 15) is 9.18 Å². The number of ether oxygens (including phenoxy) is 2. The molecule has 6 heteroatoms. The van der Waals surface area contributed by atoms with Crippen LogP contribution < -0.4 is 4.74 Å². The van der Waals surface area contributed by atoms with E-state index in [1.54, 1.807) is 12.1 Å². The zero-order chi connectivity index (χ0) is 23.8. The molecule has 182 valence electrons. The molecule has 1 aliphatic carbocycles. The lowest BCUT2D eigenvalue weighted by Gasteiger charge is -2.56. The van der Waals surface area contributed by atoms with Crippen LogP contribution in [-0.2, 0) is 16.8 Å². The summed E-state index contributed by atoms with van der Waals surface area (Å²) in [5.74, 6) is 0.747. The Kier molecular flexibility index (Phi) is 4.63. The Morgan fingerprint density at radius 3 is 2.69 bits per heavy atom. The van der Waals surface area contributed by atoms with Gasteiger partial charge in [0.05, 0.1) is 5.56 Å². The van der Waals surface area contributed by atoms with Crippen LogP contribution in [0, 0.1) is 18.7 Å². The van der Waals surface area contributed by atoms with Crippen molar-refractivity contribution in [3.63, 3.8) is 0 Å². The van der Waals surface area contributed by atoms with Gasteiger partial charge in [-0.1, -0.05) is 12.1 Å². The predicted octanol–water partition coefficient (Wildman–Crippen LogP) is 5.99. The van der Waals surface area contributed by atoms with Gasteiger partial charge in [0.15, 0.2) is 5.72 Å². The molecule has 0 bridgehead atoms. The summed E-state index contributed by atoms with van der Waals surface area (Å²) in [5.41, 5.74) is 3.53. The molecular weight excluding hydrogens is 443 g/mol. The standard InChI is InChI=1S/C29H31FN2O3/c1-18-25(27(33)35-28(13-14-28)19-6-8-21(30)9-7-19)26-22-17-20-5-4-16-32-15-3-2-12-29(20,32)34-24(22)11-10-23(26)31-18/h6-11,20,31H,2-5,12-17H2,1H3. The van der Waals surface area contributed by atoms with Crippen molar-refractivity contribution in [2.45, 2.75) is 69.6 Å². The summed E-state index contributed by atoms with van der Waals surface area (Å²) in [6, 6.07) is 10.4. The summed E-state index contributed by atoms with van der Waals surface area (Å²) < 4.78 is 26.5. The van der Waals surface area contributed by atoms with E-state index in [0.717, 1.165) is 78.7 Å². The fourth-order valence-electron chi connectivity index (χ4n) is 7.01. The van der Waals surface area contributed by atoms with Crippen molar-refractivity contribution in [1.82, 2.24) is 9.88 Å². The first-order chi connectivity index (χ1) is 17.0. The molecule has 2 saturated heterocycles. The quantitative estimate of drug-likeness (QED) is 0.474. The van der Waals surface area contributed by atoms with Crippen LogP contribution in [0.5, 0.6) is 5.75 Å². The Bertz CT molecular complexity index is 1320. The number of nitrogens with one attached hydrogen (secondary N) is 1. The molecule has 2 atom stereocenters. The number of aryl methyl sites for hydroxylation is 1. The van der Waals surface area contributed by atoms with Gasteiger partial charge in [0.2, 0.25) is 0 Å². The van der Waals surface area contributed by atoms with E-state index >= 15 is 0 Å². The van der Waals surface area contributed by atoms with Crippen LogP contribution in [0.4, 0.5) is 4.39 Å². The van der Waals surface area contributed by atoms with Gasteiger partial charge in [-0.2, -0.15) is 0 Å². The predicted molar refractivity (Wildman–Crippen MR) is 131 cm³/mol. The molecule has 4 heterocycles. The molecule has 7 rings (SSSR count). The molecule has 2 aromatic carbocycles. The first-order valence-electron chi connectivity index (χ1n) is 13.1. The van der Waals surface area contributed by atoms with E-state index in [1.807, 2.05) is 13.0 Å². The molecule has 1 saturated carbocycles. The number of nitrogens with zero attached hydrogens (tertiary/aromatic N) is 1. The summed E-state index contributed by atoms with van der Waals surface area (Å²) in [6.45, 7) is 4.16. The van der Waals surface area contributed by atoms with Gasteiger partial charge in [0.25, 0.3) is 0 Å². The van der Waals surface area contributed by atoms with Crippen LogP contribution in [0.3, 0.4) is 0 Å². The second kappa shape index (κ2) is 7.57. The van der Waals surface area contributed by atoms with Crippen molar-refractivity contribution >= 4 is 16.9 Å². The highest BCUT2D eigenvalue weighted by Gasteiger charge is 2.53. The Morgan fingerprint density at radius 1 is 1.09 bits per heavy atom. The number of hydrogen-bond donors (Lipinski definition) is 1. The zero-order valence-electron chi connectivity index (χ0n) is 20.2. The SMILES string of the molecule is Cc1[nH]c2ccc3c(c2c1C(=O)OC1(c2ccc(F)cc2)CC1)CC1CCCN2CCCCC12O3. The number of carbonyl (C=O) groups is 1. The lowest BCUT2D eigenvalue weighted by Crippen LogP contribution is -2.64. The number of carbonyl (C=O) groups excluding carboxylic acids is 1. The van der Waals surface area contributed by atoms with Crippen LogP contribution in [0.25, 0.3) is 10.9 Å². The molecule has 1 aromatic heterocycles. The highest BCUT2D eigenvalue weighted by molar-refractivity contribution is 6.07. The van der Waals surface area contributed by atoms with Crippen molar-refractivity contribution in [2.24, 2.45) is 5.92 Å². The fraction of sp³-hybridized carbons (Fsp3) is 0.483. The molecule has 3 aliphatic heterocycles. The van der Waals surface area contributed by atoms with E-state index in [1.165, 1.54) is 31.4 Å². The fourth-order valence-corrected chi connectivity index (χ4v) is 7.01. The number of fused-ring (bicyclic) bond motifs is 3. The number of hydrogen-bond acceptors (Lipinski definition) is 4. The van der Waals surface area contributed by atoms with Crippen molar-refractivity contribution in [3.05, 3.63) is 64.6 Å². The Morgan fingerprint density at radius 2 is 1.89 bits per heavy atom. The molecule has 1 N–H and O–H groups in total. The van der Waals surface area contributed by atoms with Gasteiger partial charge in [0, 0.05) is 47.6 Å². The third-order valence-corrected chi connectivity index (χ3v) is 8.89. The number of H-pyrrole nitrogens is 1. The maximum atomic E-state index is 13.7. The van der Waals surface area contributed by atoms with Crippen molar-refractivity contribution < 1.29 is 18.7 Å². The monoisotopic (exact) mass is 474 g/mol. The van der Waals surface area contributed by atoms with Gasteiger partial charge in [-0.3, -0.25) is 4.90 Å². The molecule has 3 aromatic rings. The van der Waals surface area contributed by atoms with E-state index in [4.69, 9.17) is 9.47 Å². The topological polar surface area (TPSA) is 54.6 Å². The molecular formula is C29H31FN2O3. The average molecular weight is 475 g/mol. The smallest absolute Gasteiger partial charge is 0.341 e. The van der Waals surface area contributed by atoms with Crippen LogP contribution in [-0.4, -0.2) is 34.7 Å². The van der Waals surface area contributed by atoms with Crippen LogP contribution in [0.1, 0.15) is 72.1 Å². The van der Waals surface area contributed by atoms with E-state index < -0.39 is 5.60 Å². The van der Waals surface area contributed by atoms with Gasteiger partial charge in [-0.15, -0.1) is 0 Å². The van der Waals surface area contributed by atoms with Gasteiger partial charge in [-0.25, -0.2) is 9.18 Å². The maximum Gasteiger partial charge on any atom is 0.341 e. The summed E-state index contributed by atoms with van der Waals surface area (Å²) in [4.78, 5) is 19.7. The van der Waals surface area contributed by atoms with Crippen molar-refractivity contribution in [1.29, 1.82) is 0 Å². The van der Waals surface area contributed by atoms with Crippen LogP contribution in [0.15, 0.2) is 36.4 Å². The first kappa shape index (κ1) is 21.4. The minimum atomic E-state index is -0.651. The highest BCUT2D eigenvalue weighted by atomic mass is 19.1. The number of aromatic amines is 1. The minimum Gasteiger partial charge on any atom is -0.472 e. The molecule has 4 aliphatic rings. The average Bonchev–Trinajstić information content (AvgIpc) is 3.55. The number of halogens is 1. The molecule has 35 heavy (non-hydrogen) atoms. The number of benzene rings is 2. The molecule has 5 nitrogen and oxygen atoms in total. The minimum absolute atomic E-state index is 0.191. The normalized spacial score (nSPS) is 26.9. The summed E-state index contributed by atoms with van der Waals surface area (Å²) >= 11 is 0. The molecule has 0 radical (unpaired) electrons. The highest BCUT2D eigenvalue weighted by Crippen LogP contribution is 2.52. The molecule has 0 amide bonds. The number of rotatable bonds is 3. The Hall–Kier alpha value is -2.86. The Balaban J connectivity index is 1.28. The maximum absolute atomic E-state index is 13.7. The van der Waals surface area contributed by atoms with Crippen LogP contribution in [0.2, 0.25) is 0 Å². The Labute approximate surface area is 204 Å². The van der Waals surface area contributed by atoms with Gasteiger partial charge < -0.3 is 14.5 Å². The number of piperidine rings is 2. The molecule has 1 spiro atoms.